The standard InChI is InChI=1S/C24H30F4N2O4S/c1-5-6-33-24(21(31)32)9-14(23(2,3)4)11-30(13-24)12-15-10-29-20(35-15)16-7-17(25)18(26)8-19(16)34-22(27)28/h7-8,10,14,22H,5-6,9,11-13H2,1-4H3,(H,31,32)/t14-,24+/m1/s1. The summed E-state index contributed by atoms with van der Waals surface area (Å²) in [5, 5.41) is 10.3. The Balaban J connectivity index is 1.89. The molecule has 0 saturated carbocycles. The maximum Gasteiger partial charge on any atom is 0.387 e. The average molecular weight is 519 g/mol. The van der Waals surface area contributed by atoms with Crippen LogP contribution in [0.3, 0.4) is 0 Å². The van der Waals surface area contributed by atoms with Gasteiger partial charge in [0.25, 0.3) is 0 Å². The Hall–Kier alpha value is -2.24. The van der Waals surface area contributed by atoms with Crippen LogP contribution >= 0.6 is 11.3 Å². The lowest BCUT2D eigenvalue weighted by atomic mass is 9.71. The molecule has 6 nitrogen and oxygen atoms in total. The van der Waals surface area contributed by atoms with Crippen LogP contribution < -0.4 is 4.74 Å². The molecule has 1 aromatic heterocycles. The lowest BCUT2D eigenvalue weighted by molar-refractivity contribution is -0.181. The zero-order valence-electron chi connectivity index (χ0n) is 20.1. The lowest BCUT2D eigenvalue weighted by Crippen LogP contribution is -2.59. The predicted molar refractivity (Wildman–Crippen MR) is 124 cm³/mol. The minimum absolute atomic E-state index is 0.0360. The van der Waals surface area contributed by atoms with Crippen LogP contribution in [0.5, 0.6) is 5.75 Å². The molecular weight excluding hydrogens is 488 g/mol. The maximum atomic E-state index is 13.9. The number of thiazole rings is 1. The number of piperidine rings is 1. The fraction of sp³-hybridized carbons (Fsp3) is 0.583. The Labute approximate surface area is 205 Å². The van der Waals surface area contributed by atoms with Gasteiger partial charge in [0.05, 0.1) is 5.56 Å². The SMILES string of the molecule is CCCO[C@@]1(C(=O)O)C[C@@H](C(C)(C)C)CN(Cc2cnc(-c3cc(F)c(F)cc3OC(F)F)s2)C1. The molecule has 0 bridgehead atoms. The number of ether oxygens (including phenoxy) is 2. The quantitative estimate of drug-likeness (QED) is 0.423. The van der Waals surface area contributed by atoms with E-state index in [0.29, 0.717) is 43.5 Å². The van der Waals surface area contributed by atoms with Gasteiger partial charge in [-0.2, -0.15) is 8.78 Å². The van der Waals surface area contributed by atoms with Gasteiger partial charge in [-0.15, -0.1) is 11.3 Å². The Morgan fingerprint density at radius 1 is 1.31 bits per heavy atom. The maximum absolute atomic E-state index is 13.9. The Bertz CT molecular complexity index is 1040. The van der Waals surface area contributed by atoms with Gasteiger partial charge in [0.2, 0.25) is 0 Å². The molecular formula is C24H30F4N2O4S. The van der Waals surface area contributed by atoms with Gasteiger partial charge in [-0.1, -0.05) is 27.7 Å². The highest BCUT2D eigenvalue weighted by Gasteiger charge is 2.49. The molecule has 1 aromatic carbocycles. The predicted octanol–water partition coefficient (Wildman–Crippen LogP) is 5.81. The molecule has 1 fully saturated rings. The smallest absolute Gasteiger partial charge is 0.387 e. The number of carboxylic acids is 1. The summed E-state index contributed by atoms with van der Waals surface area (Å²) in [6.07, 6.45) is 2.59. The van der Waals surface area contributed by atoms with Crippen molar-refractivity contribution in [3.05, 3.63) is 34.8 Å². The summed E-state index contributed by atoms with van der Waals surface area (Å²) in [6, 6.07) is 1.35. The third kappa shape index (κ3) is 6.50. The second-order valence-electron chi connectivity index (χ2n) is 9.86. The van der Waals surface area contributed by atoms with Crippen LogP contribution in [0.1, 0.15) is 45.4 Å². The molecule has 1 N–H and O–H groups in total. The zero-order chi connectivity index (χ0) is 26.0. The first kappa shape index (κ1) is 27.3. The van der Waals surface area contributed by atoms with Crippen LogP contribution in [-0.2, 0) is 16.1 Å². The van der Waals surface area contributed by atoms with Crippen LogP contribution in [0.25, 0.3) is 10.6 Å². The van der Waals surface area contributed by atoms with Gasteiger partial charge >= 0.3 is 12.6 Å². The van der Waals surface area contributed by atoms with Gasteiger partial charge < -0.3 is 14.6 Å². The molecule has 0 amide bonds. The number of halogens is 4. The Kier molecular flexibility index (Phi) is 8.44. The topological polar surface area (TPSA) is 71.9 Å². The minimum atomic E-state index is -3.21. The Morgan fingerprint density at radius 3 is 2.60 bits per heavy atom. The second kappa shape index (κ2) is 10.8. The van der Waals surface area contributed by atoms with E-state index in [-0.39, 0.29) is 28.4 Å². The molecule has 0 spiro atoms. The van der Waals surface area contributed by atoms with Gasteiger partial charge in [0.15, 0.2) is 17.2 Å². The number of carboxylic acid groups (broad SMARTS) is 1. The van der Waals surface area contributed by atoms with E-state index in [1.165, 1.54) is 6.20 Å². The summed E-state index contributed by atoms with van der Waals surface area (Å²) in [4.78, 5) is 19.2. The first-order valence-electron chi connectivity index (χ1n) is 11.3. The van der Waals surface area contributed by atoms with Crippen molar-refractivity contribution in [3.63, 3.8) is 0 Å². The number of benzene rings is 1. The number of aliphatic carboxylic acids is 1. The van der Waals surface area contributed by atoms with Gasteiger partial charge in [-0.3, -0.25) is 4.90 Å². The highest BCUT2D eigenvalue weighted by molar-refractivity contribution is 7.15. The van der Waals surface area contributed by atoms with Gasteiger partial charge in [0.1, 0.15) is 10.8 Å². The van der Waals surface area contributed by atoms with Crippen LogP contribution in [-0.4, -0.2) is 52.9 Å². The molecule has 2 aromatic rings. The van der Waals surface area contributed by atoms with Crippen LogP contribution in [0.15, 0.2) is 18.3 Å². The van der Waals surface area contributed by atoms with E-state index in [1.807, 2.05) is 11.8 Å². The van der Waals surface area contributed by atoms with Crippen molar-refractivity contribution in [1.82, 2.24) is 9.88 Å². The van der Waals surface area contributed by atoms with E-state index >= 15 is 0 Å². The molecule has 1 aliphatic rings. The van der Waals surface area contributed by atoms with E-state index in [0.717, 1.165) is 17.4 Å². The minimum Gasteiger partial charge on any atom is -0.479 e. The molecule has 1 saturated heterocycles. The summed E-state index contributed by atoms with van der Waals surface area (Å²) in [7, 11) is 0. The molecule has 2 heterocycles. The highest BCUT2D eigenvalue weighted by Crippen LogP contribution is 2.41. The van der Waals surface area contributed by atoms with Gasteiger partial charge in [-0.25, -0.2) is 18.6 Å². The van der Waals surface area contributed by atoms with E-state index in [9.17, 15) is 27.5 Å². The third-order valence-corrected chi connectivity index (χ3v) is 7.15. The molecule has 3 rings (SSSR count). The largest absolute Gasteiger partial charge is 0.479 e. The molecule has 11 heteroatoms. The fourth-order valence-corrected chi connectivity index (χ4v) is 5.17. The number of aromatic nitrogens is 1. The molecule has 35 heavy (non-hydrogen) atoms. The summed E-state index contributed by atoms with van der Waals surface area (Å²) >= 11 is 1.12. The van der Waals surface area contributed by atoms with Crippen molar-refractivity contribution >= 4 is 17.3 Å². The normalized spacial score (nSPS) is 21.5. The Morgan fingerprint density at radius 2 is 2.00 bits per heavy atom. The van der Waals surface area contributed by atoms with Crippen molar-refractivity contribution in [3.8, 4) is 16.3 Å². The first-order chi connectivity index (χ1) is 16.3. The molecule has 0 unspecified atom stereocenters. The van der Waals surface area contributed by atoms with Crippen molar-refractivity contribution in [1.29, 1.82) is 0 Å². The van der Waals surface area contributed by atoms with Crippen LogP contribution in [0.4, 0.5) is 17.6 Å². The molecule has 0 radical (unpaired) electrons. The zero-order valence-corrected chi connectivity index (χ0v) is 20.9. The summed E-state index contributed by atoms with van der Waals surface area (Å²) in [5.41, 5.74) is -1.60. The number of carbonyl (C=O) groups is 1. The summed E-state index contributed by atoms with van der Waals surface area (Å²) in [6.45, 7) is 6.35. The van der Waals surface area contributed by atoms with Crippen molar-refractivity contribution in [2.45, 2.75) is 59.3 Å². The van der Waals surface area contributed by atoms with E-state index in [4.69, 9.17) is 4.74 Å². The number of alkyl halides is 2. The van der Waals surface area contributed by atoms with Crippen LogP contribution in [0.2, 0.25) is 0 Å². The molecule has 1 aliphatic heterocycles. The summed E-state index contributed by atoms with van der Waals surface area (Å²) in [5.74, 6) is -4.00. The van der Waals surface area contributed by atoms with Crippen molar-refractivity contribution in [2.75, 3.05) is 19.7 Å². The van der Waals surface area contributed by atoms with Crippen molar-refractivity contribution < 1.29 is 36.9 Å². The van der Waals surface area contributed by atoms with E-state index in [2.05, 4.69) is 30.5 Å². The van der Waals surface area contributed by atoms with E-state index < -0.39 is 35.6 Å². The fourth-order valence-electron chi connectivity index (χ4n) is 4.20. The third-order valence-electron chi connectivity index (χ3n) is 6.13. The first-order valence-corrected chi connectivity index (χ1v) is 12.1. The molecule has 194 valence electrons. The van der Waals surface area contributed by atoms with Gasteiger partial charge in [0, 0.05) is 43.4 Å². The van der Waals surface area contributed by atoms with Crippen LogP contribution in [0, 0.1) is 23.0 Å². The lowest BCUT2D eigenvalue weighted by Gasteiger charge is -2.47. The highest BCUT2D eigenvalue weighted by atomic mass is 32.1. The second-order valence-corrected chi connectivity index (χ2v) is 11.0. The summed E-state index contributed by atoms with van der Waals surface area (Å²) < 4.78 is 63.4. The van der Waals surface area contributed by atoms with Gasteiger partial charge in [-0.05, 0) is 30.2 Å². The molecule has 2 atom stereocenters. The number of likely N-dealkylation sites (tertiary alicyclic amines) is 1. The number of nitrogens with zero attached hydrogens (tertiary/aromatic N) is 2. The monoisotopic (exact) mass is 518 g/mol. The van der Waals surface area contributed by atoms with Crippen molar-refractivity contribution in [2.24, 2.45) is 11.3 Å². The van der Waals surface area contributed by atoms with E-state index in [1.54, 1.807) is 0 Å². The average Bonchev–Trinajstić information content (AvgIpc) is 3.21. The number of rotatable bonds is 9. The molecule has 0 aliphatic carbocycles. The number of hydrogen-bond donors (Lipinski definition) is 1. The number of hydrogen-bond acceptors (Lipinski definition) is 6.